The first-order valence-corrected chi connectivity index (χ1v) is 14.4. The number of benzene rings is 3. The summed E-state index contributed by atoms with van der Waals surface area (Å²) in [6, 6.07) is 18.5. The maximum absolute atomic E-state index is 15.8. The number of nitrogens with zero attached hydrogens (tertiary/aromatic N) is 1. The van der Waals surface area contributed by atoms with E-state index in [0.29, 0.717) is 11.1 Å². The number of hydrogen-bond acceptors (Lipinski definition) is 5. The lowest BCUT2D eigenvalue weighted by atomic mass is 10.0. The molecule has 1 aliphatic heterocycles. The monoisotopic (exact) mass is 536 g/mol. The summed E-state index contributed by atoms with van der Waals surface area (Å²) in [5.41, 5.74) is 1.26. The van der Waals surface area contributed by atoms with Gasteiger partial charge in [-0.05, 0) is 42.3 Å². The van der Waals surface area contributed by atoms with Crippen molar-refractivity contribution in [2.24, 2.45) is 0 Å². The standard InChI is InChI=1S/C24H22ClFN2O5S2/c1-34(30,31)22-16-19(11-12-21(22)17-7-3-2-4-8-17)28-14-6-13-24(26,23(28)29)27-35(32,33)20-10-5-9-18(25)15-20/h2-5,7-12,15-16,27H,6,13-14H2,1H3. The van der Waals surface area contributed by atoms with E-state index in [1.165, 1.54) is 30.3 Å². The van der Waals surface area contributed by atoms with Gasteiger partial charge in [0.25, 0.3) is 11.7 Å². The Kier molecular flexibility index (Phi) is 6.76. The summed E-state index contributed by atoms with van der Waals surface area (Å²) in [5, 5.41) is 0.143. The molecule has 1 unspecified atom stereocenters. The van der Waals surface area contributed by atoms with Gasteiger partial charge >= 0.3 is 0 Å². The lowest BCUT2D eigenvalue weighted by Crippen LogP contribution is -2.60. The summed E-state index contributed by atoms with van der Waals surface area (Å²) in [6.07, 6.45) is 0.827. The van der Waals surface area contributed by atoms with Gasteiger partial charge < -0.3 is 4.90 Å². The third kappa shape index (κ3) is 5.25. The second kappa shape index (κ2) is 9.34. The second-order valence-corrected chi connectivity index (χ2v) is 12.3. The number of piperidine rings is 1. The zero-order valence-electron chi connectivity index (χ0n) is 18.6. The molecule has 3 aromatic carbocycles. The molecule has 0 radical (unpaired) electrons. The predicted octanol–water partition coefficient (Wildman–Crippen LogP) is 4.18. The Labute approximate surface area is 208 Å². The van der Waals surface area contributed by atoms with Crippen LogP contribution >= 0.6 is 11.6 Å². The average Bonchev–Trinajstić information content (AvgIpc) is 2.80. The summed E-state index contributed by atoms with van der Waals surface area (Å²) in [7, 11) is -8.12. The van der Waals surface area contributed by atoms with E-state index in [9.17, 15) is 21.6 Å². The normalized spacial score (nSPS) is 19.1. The second-order valence-electron chi connectivity index (χ2n) is 8.24. The maximum atomic E-state index is 15.8. The van der Waals surface area contributed by atoms with E-state index >= 15 is 4.39 Å². The van der Waals surface area contributed by atoms with E-state index < -0.39 is 31.6 Å². The number of rotatable bonds is 6. The SMILES string of the molecule is CS(=O)(=O)c1cc(N2CCCC(F)(NS(=O)(=O)c3cccc(Cl)c3)C2=O)ccc1-c1ccccc1. The quantitative estimate of drug-likeness (QED) is 0.476. The number of halogens is 2. The minimum absolute atomic E-state index is 0.0245. The molecule has 1 saturated heterocycles. The Bertz CT molecular complexity index is 1500. The lowest BCUT2D eigenvalue weighted by Gasteiger charge is -2.36. The van der Waals surface area contributed by atoms with Crippen LogP contribution in [-0.4, -0.2) is 41.3 Å². The van der Waals surface area contributed by atoms with Crippen molar-refractivity contribution in [3.05, 3.63) is 77.8 Å². The first-order chi connectivity index (χ1) is 16.4. The van der Waals surface area contributed by atoms with Crippen molar-refractivity contribution >= 4 is 43.1 Å². The Balaban J connectivity index is 1.70. The van der Waals surface area contributed by atoms with Gasteiger partial charge in [-0.15, -0.1) is 0 Å². The molecule has 3 aromatic rings. The first-order valence-electron chi connectivity index (χ1n) is 10.6. The topological polar surface area (TPSA) is 101 Å². The predicted molar refractivity (Wildman–Crippen MR) is 132 cm³/mol. The van der Waals surface area contributed by atoms with Crippen LogP contribution in [0.15, 0.2) is 82.6 Å². The summed E-state index contributed by atoms with van der Waals surface area (Å²) < 4.78 is 68.4. The van der Waals surface area contributed by atoms with Gasteiger partial charge in [-0.25, -0.2) is 21.2 Å². The summed E-state index contributed by atoms with van der Waals surface area (Å²) >= 11 is 5.86. The number of carbonyl (C=O) groups excluding carboxylic acids is 1. The van der Waals surface area contributed by atoms with Crippen molar-refractivity contribution in [2.75, 3.05) is 17.7 Å². The van der Waals surface area contributed by atoms with Crippen LogP contribution < -0.4 is 9.62 Å². The largest absolute Gasteiger partial charge is 0.308 e. The molecule has 4 rings (SSSR count). The Morgan fingerprint density at radius 3 is 2.34 bits per heavy atom. The Hall–Kier alpha value is -2.79. The van der Waals surface area contributed by atoms with Crippen molar-refractivity contribution in [3.8, 4) is 11.1 Å². The highest BCUT2D eigenvalue weighted by atomic mass is 35.5. The molecule has 1 amide bonds. The van der Waals surface area contributed by atoms with Gasteiger partial charge in [0.1, 0.15) is 0 Å². The van der Waals surface area contributed by atoms with E-state index in [1.807, 2.05) is 4.72 Å². The number of hydrogen-bond donors (Lipinski definition) is 1. The number of carbonyl (C=O) groups is 1. The zero-order valence-corrected chi connectivity index (χ0v) is 21.0. The molecule has 0 aromatic heterocycles. The molecule has 0 saturated carbocycles. The van der Waals surface area contributed by atoms with Gasteiger partial charge in [0.2, 0.25) is 10.0 Å². The molecule has 1 heterocycles. The fraction of sp³-hybridized carbons (Fsp3) is 0.208. The number of alkyl halides is 1. The number of sulfonamides is 1. The highest BCUT2D eigenvalue weighted by Crippen LogP contribution is 2.35. The fourth-order valence-electron chi connectivity index (χ4n) is 3.99. The molecule has 35 heavy (non-hydrogen) atoms. The van der Waals surface area contributed by atoms with Crippen LogP contribution in [0.3, 0.4) is 0 Å². The van der Waals surface area contributed by atoms with Crippen LogP contribution in [0.5, 0.6) is 0 Å². The molecule has 0 spiro atoms. The van der Waals surface area contributed by atoms with E-state index in [2.05, 4.69) is 0 Å². The smallest absolute Gasteiger partial charge is 0.280 e. The lowest BCUT2D eigenvalue weighted by molar-refractivity contribution is -0.133. The third-order valence-electron chi connectivity index (χ3n) is 5.65. The summed E-state index contributed by atoms with van der Waals surface area (Å²) in [6.45, 7) is 0.0945. The Morgan fingerprint density at radius 1 is 0.971 bits per heavy atom. The molecule has 11 heteroatoms. The van der Waals surface area contributed by atoms with Gasteiger partial charge in [-0.2, -0.15) is 4.72 Å². The van der Waals surface area contributed by atoms with Crippen LogP contribution in [0, 0.1) is 0 Å². The molecule has 7 nitrogen and oxygen atoms in total. The van der Waals surface area contributed by atoms with Crippen molar-refractivity contribution in [1.29, 1.82) is 0 Å². The number of sulfone groups is 1. The van der Waals surface area contributed by atoms with Crippen LogP contribution in [0.4, 0.5) is 10.1 Å². The number of anilines is 1. The highest BCUT2D eigenvalue weighted by Gasteiger charge is 2.48. The Morgan fingerprint density at radius 2 is 1.69 bits per heavy atom. The van der Waals surface area contributed by atoms with E-state index in [-0.39, 0.29) is 39.9 Å². The maximum Gasteiger partial charge on any atom is 0.280 e. The minimum Gasteiger partial charge on any atom is -0.308 e. The number of nitrogens with one attached hydrogen (secondary N) is 1. The van der Waals surface area contributed by atoms with E-state index in [1.54, 1.807) is 36.4 Å². The molecule has 1 aliphatic rings. The van der Waals surface area contributed by atoms with Crippen LogP contribution in [0.2, 0.25) is 5.02 Å². The summed E-state index contributed by atoms with van der Waals surface area (Å²) in [4.78, 5) is 13.9. The molecular weight excluding hydrogens is 515 g/mol. The molecular formula is C24H22ClFN2O5S2. The molecule has 1 N–H and O–H groups in total. The molecule has 184 valence electrons. The van der Waals surface area contributed by atoms with Gasteiger partial charge in [0, 0.05) is 35.5 Å². The number of amides is 1. The third-order valence-corrected chi connectivity index (χ3v) is 8.49. The van der Waals surface area contributed by atoms with Crippen molar-refractivity contribution < 1.29 is 26.0 Å². The average molecular weight is 537 g/mol. The van der Waals surface area contributed by atoms with Crippen molar-refractivity contribution in [3.63, 3.8) is 0 Å². The van der Waals surface area contributed by atoms with Crippen molar-refractivity contribution in [1.82, 2.24) is 4.72 Å². The summed E-state index contributed by atoms with van der Waals surface area (Å²) in [5.74, 6) is -4.04. The van der Waals surface area contributed by atoms with Crippen molar-refractivity contribution in [2.45, 2.75) is 28.4 Å². The van der Waals surface area contributed by atoms with Gasteiger partial charge in [0.15, 0.2) is 9.84 Å². The van der Waals surface area contributed by atoms with Gasteiger partial charge in [0.05, 0.1) is 9.79 Å². The van der Waals surface area contributed by atoms with Crippen LogP contribution in [0.1, 0.15) is 12.8 Å². The van der Waals surface area contributed by atoms with Gasteiger partial charge in [-0.1, -0.05) is 54.1 Å². The zero-order chi connectivity index (χ0) is 25.4. The molecule has 0 aliphatic carbocycles. The fourth-order valence-corrected chi connectivity index (χ4v) is 6.44. The van der Waals surface area contributed by atoms with Gasteiger partial charge in [-0.3, -0.25) is 4.79 Å². The molecule has 1 fully saturated rings. The molecule has 0 bridgehead atoms. The highest BCUT2D eigenvalue weighted by molar-refractivity contribution is 7.91. The molecule has 1 atom stereocenters. The van der Waals surface area contributed by atoms with E-state index in [4.69, 9.17) is 11.6 Å². The van der Waals surface area contributed by atoms with E-state index in [0.717, 1.165) is 17.2 Å². The van der Waals surface area contributed by atoms with Crippen LogP contribution in [0.25, 0.3) is 11.1 Å². The minimum atomic E-state index is -4.41. The first kappa shape index (κ1) is 25.3. The van der Waals surface area contributed by atoms with Crippen LogP contribution in [-0.2, 0) is 24.7 Å².